The van der Waals surface area contributed by atoms with Crippen molar-refractivity contribution in [1.82, 2.24) is 4.90 Å². The predicted molar refractivity (Wildman–Crippen MR) is 82.5 cm³/mol. The Kier molecular flexibility index (Phi) is 6.48. The van der Waals surface area contributed by atoms with Crippen LogP contribution in [0, 0.1) is 0 Å². The van der Waals surface area contributed by atoms with E-state index in [1.807, 2.05) is 24.3 Å². The lowest BCUT2D eigenvalue weighted by atomic mass is 10.2. The molecule has 0 saturated carbocycles. The third-order valence-corrected chi connectivity index (χ3v) is 3.86. The molecule has 1 aliphatic heterocycles. The first-order chi connectivity index (χ1) is 10.2. The summed E-state index contributed by atoms with van der Waals surface area (Å²) in [5.41, 5.74) is 0. The minimum atomic E-state index is -0.229. The van der Waals surface area contributed by atoms with Crippen molar-refractivity contribution in [3.05, 3.63) is 28.7 Å². The number of halogens is 1. The Morgan fingerprint density at radius 3 is 2.90 bits per heavy atom. The van der Waals surface area contributed by atoms with E-state index < -0.39 is 0 Å². The van der Waals surface area contributed by atoms with Gasteiger partial charge in [-0.2, -0.15) is 0 Å². The highest BCUT2D eigenvalue weighted by Gasteiger charge is 2.22. The maximum Gasteiger partial charge on any atom is 0.308 e. The van der Waals surface area contributed by atoms with Crippen molar-refractivity contribution in [3.8, 4) is 5.75 Å². The Morgan fingerprint density at radius 2 is 2.19 bits per heavy atom. The molecule has 21 heavy (non-hydrogen) atoms. The molecule has 1 saturated heterocycles. The van der Waals surface area contributed by atoms with Gasteiger partial charge in [-0.3, -0.25) is 9.69 Å². The van der Waals surface area contributed by atoms with Crippen LogP contribution in [0.2, 0.25) is 0 Å². The molecular formula is C15H20BrNO4. The lowest BCUT2D eigenvalue weighted by Gasteiger charge is -2.32. The minimum Gasteiger partial charge on any atom is -0.492 e. The third-order valence-electron chi connectivity index (χ3n) is 3.33. The summed E-state index contributed by atoms with van der Waals surface area (Å²) in [6.07, 6.45) is 0.222. The molecular weight excluding hydrogens is 338 g/mol. The van der Waals surface area contributed by atoms with Gasteiger partial charge in [0.25, 0.3) is 0 Å². The molecule has 1 fully saturated rings. The molecule has 1 heterocycles. The van der Waals surface area contributed by atoms with Crippen molar-refractivity contribution in [2.24, 2.45) is 0 Å². The summed E-state index contributed by atoms with van der Waals surface area (Å²) in [6, 6.07) is 7.78. The zero-order valence-electron chi connectivity index (χ0n) is 12.1. The summed E-state index contributed by atoms with van der Waals surface area (Å²) in [5, 5.41) is 0. The van der Waals surface area contributed by atoms with Crippen LogP contribution in [0.5, 0.6) is 5.75 Å². The molecule has 0 bridgehead atoms. The number of nitrogens with zero attached hydrogens (tertiary/aromatic N) is 1. The highest BCUT2D eigenvalue weighted by Crippen LogP contribution is 2.16. The van der Waals surface area contributed by atoms with Gasteiger partial charge in [-0.05, 0) is 24.3 Å². The number of hydrogen-bond donors (Lipinski definition) is 0. The van der Waals surface area contributed by atoms with Crippen molar-refractivity contribution in [3.63, 3.8) is 0 Å². The molecule has 2 rings (SSSR count). The summed E-state index contributed by atoms with van der Waals surface area (Å²) >= 11 is 3.39. The lowest BCUT2D eigenvalue weighted by molar-refractivity contribution is -0.145. The normalized spacial score (nSPS) is 19.2. The number of ether oxygens (including phenoxy) is 3. The highest BCUT2D eigenvalue weighted by molar-refractivity contribution is 9.10. The molecule has 6 heteroatoms. The van der Waals surface area contributed by atoms with Gasteiger partial charge in [0.1, 0.15) is 12.4 Å². The van der Waals surface area contributed by atoms with E-state index in [9.17, 15) is 4.79 Å². The van der Waals surface area contributed by atoms with E-state index in [1.54, 1.807) is 0 Å². The summed E-state index contributed by atoms with van der Waals surface area (Å²) in [6.45, 7) is 3.67. The van der Waals surface area contributed by atoms with Gasteiger partial charge in [-0.15, -0.1) is 0 Å². The Bertz CT molecular complexity index is 451. The Hall–Kier alpha value is -1.11. The largest absolute Gasteiger partial charge is 0.492 e. The second kappa shape index (κ2) is 8.36. The van der Waals surface area contributed by atoms with E-state index in [4.69, 9.17) is 9.47 Å². The molecule has 0 amide bonds. The Morgan fingerprint density at radius 1 is 1.43 bits per heavy atom. The average Bonchev–Trinajstić information content (AvgIpc) is 2.49. The molecule has 1 aromatic rings. The molecule has 1 unspecified atom stereocenters. The van der Waals surface area contributed by atoms with E-state index in [0.29, 0.717) is 19.6 Å². The second-order valence-electron chi connectivity index (χ2n) is 4.88. The topological polar surface area (TPSA) is 48.0 Å². The van der Waals surface area contributed by atoms with Gasteiger partial charge in [0.15, 0.2) is 0 Å². The quantitative estimate of drug-likeness (QED) is 0.729. The lowest BCUT2D eigenvalue weighted by Crippen LogP contribution is -2.44. The zero-order chi connectivity index (χ0) is 15.1. The number of morpholine rings is 1. The highest BCUT2D eigenvalue weighted by atomic mass is 79.9. The van der Waals surface area contributed by atoms with Crippen molar-refractivity contribution in [1.29, 1.82) is 0 Å². The van der Waals surface area contributed by atoms with Crippen molar-refractivity contribution in [2.75, 3.05) is 40.0 Å². The molecule has 0 aromatic heterocycles. The second-order valence-corrected chi connectivity index (χ2v) is 5.79. The van der Waals surface area contributed by atoms with Crippen LogP contribution in [0.15, 0.2) is 28.7 Å². The van der Waals surface area contributed by atoms with Gasteiger partial charge in [-0.1, -0.05) is 15.9 Å². The Balaban J connectivity index is 1.70. The summed E-state index contributed by atoms with van der Waals surface area (Å²) in [7, 11) is 1.40. The van der Waals surface area contributed by atoms with Gasteiger partial charge < -0.3 is 14.2 Å². The maximum atomic E-state index is 11.3. The Labute approximate surface area is 133 Å². The SMILES string of the molecule is COC(=O)CC1CN(CCOc2ccc(Br)cc2)CCO1. The standard InChI is InChI=1S/C15H20BrNO4/c1-19-15(18)10-14-11-17(7-9-21-14)6-8-20-13-4-2-12(16)3-5-13/h2-5,14H,6-11H2,1H3. The third kappa shape index (κ3) is 5.65. The molecule has 1 atom stereocenters. The summed E-state index contributed by atoms with van der Waals surface area (Å²) < 4.78 is 17.0. The van der Waals surface area contributed by atoms with Crippen molar-refractivity contribution in [2.45, 2.75) is 12.5 Å². The summed E-state index contributed by atoms with van der Waals surface area (Å²) in [4.78, 5) is 13.5. The summed E-state index contributed by atoms with van der Waals surface area (Å²) in [5.74, 6) is 0.630. The minimum absolute atomic E-state index is 0.0844. The van der Waals surface area contributed by atoms with Crippen LogP contribution < -0.4 is 4.74 Å². The fourth-order valence-electron chi connectivity index (χ4n) is 2.20. The number of hydrogen-bond acceptors (Lipinski definition) is 5. The van der Waals surface area contributed by atoms with Crippen LogP contribution in [0.25, 0.3) is 0 Å². The van der Waals surface area contributed by atoms with Crippen LogP contribution >= 0.6 is 15.9 Å². The van der Waals surface area contributed by atoms with Gasteiger partial charge in [-0.25, -0.2) is 0 Å². The maximum absolute atomic E-state index is 11.3. The first-order valence-corrected chi connectivity index (χ1v) is 7.76. The molecule has 0 aliphatic carbocycles. The molecule has 0 N–H and O–H groups in total. The predicted octanol–water partition coefficient (Wildman–Crippen LogP) is 2.09. The van der Waals surface area contributed by atoms with Crippen LogP contribution in [0.4, 0.5) is 0 Å². The van der Waals surface area contributed by atoms with Gasteiger partial charge in [0, 0.05) is 24.1 Å². The molecule has 116 valence electrons. The number of carbonyl (C=O) groups is 1. The van der Waals surface area contributed by atoms with Gasteiger partial charge >= 0.3 is 5.97 Å². The molecule has 5 nitrogen and oxygen atoms in total. The average molecular weight is 358 g/mol. The molecule has 1 aliphatic rings. The smallest absolute Gasteiger partial charge is 0.308 e. The number of rotatable bonds is 6. The van der Waals surface area contributed by atoms with Crippen LogP contribution in [-0.4, -0.2) is 56.9 Å². The number of benzene rings is 1. The molecule has 0 radical (unpaired) electrons. The molecule has 0 spiro atoms. The van der Waals surface area contributed by atoms with E-state index in [-0.39, 0.29) is 12.1 Å². The number of esters is 1. The van der Waals surface area contributed by atoms with Gasteiger partial charge in [0.2, 0.25) is 0 Å². The fourth-order valence-corrected chi connectivity index (χ4v) is 2.46. The van der Waals surface area contributed by atoms with Crippen LogP contribution in [0.3, 0.4) is 0 Å². The van der Waals surface area contributed by atoms with E-state index >= 15 is 0 Å². The van der Waals surface area contributed by atoms with E-state index in [0.717, 1.165) is 29.9 Å². The zero-order valence-corrected chi connectivity index (χ0v) is 13.7. The van der Waals surface area contributed by atoms with Crippen molar-refractivity contribution < 1.29 is 19.0 Å². The van der Waals surface area contributed by atoms with E-state index in [2.05, 4.69) is 25.6 Å². The number of carbonyl (C=O) groups excluding carboxylic acids is 1. The van der Waals surface area contributed by atoms with Gasteiger partial charge in [0.05, 0.1) is 26.2 Å². The van der Waals surface area contributed by atoms with Crippen LogP contribution in [-0.2, 0) is 14.3 Å². The fraction of sp³-hybridized carbons (Fsp3) is 0.533. The van der Waals surface area contributed by atoms with Crippen LogP contribution in [0.1, 0.15) is 6.42 Å². The first-order valence-electron chi connectivity index (χ1n) is 6.96. The number of methoxy groups -OCH3 is 1. The van der Waals surface area contributed by atoms with E-state index in [1.165, 1.54) is 7.11 Å². The monoisotopic (exact) mass is 357 g/mol. The van der Waals surface area contributed by atoms with Crippen molar-refractivity contribution >= 4 is 21.9 Å². The molecule has 1 aromatic carbocycles. The first kappa shape index (κ1) is 16.3.